The average molecular weight is 289 g/mol. The molecule has 0 aliphatic rings. The van der Waals surface area contributed by atoms with Gasteiger partial charge in [0.2, 0.25) is 0 Å². The highest BCUT2D eigenvalue weighted by Gasteiger charge is 2.15. The summed E-state index contributed by atoms with van der Waals surface area (Å²) in [7, 11) is 1.72. The van der Waals surface area contributed by atoms with E-state index in [1.165, 1.54) is 0 Å². The Morgan fingerprint density at radius 3 is 2.76 bits per heavy atom. The van der Waals surface area contributed by atoms with Crippen molar-refractivity contribution in [3.8, 4) is 5.75 Å². The van der Waals surface area contributed by atoms with Crippen LogP contribution in [0.2, 0.25) is 0 Å². The lowest BCUT2D eigenvalue weighted by molar-refractivity contribution is 0.00545. The van der Waals surface area contributed by atoms with Gasteiger partial charge in [-0.05, 0) is 38.5 Å². The first-order chi connectivity index (χ1) is 10.00. The maximum absolute atomic E-state index is 5.81. The highest BCUT2D eigenvalue weighted by molar-refractivity contribution is 5.28. The molecule has 0 bridgehead atoms. The van der Waals surface area contributed by atoms with Crippen molar-refractivity contribution in [3.63, 3.8) is 0 Å². The van der Waals surface area contributed by atoms with Crippen LogP contribution >= 0.6 is 0 Å². The fourth-order valence-corrected chi connectivity index (χ4v) is 1.90. The van der Waals surface area contributed by atoms with E-state index in [1.807, 2.05) is 29.8 Å². The highest BCUT2D eigenvalue weighted by atomic mass is 16.5. The van der Waals surface area contributed by atoms with Gasteiger partial charge in [0.25, 0.3) is 0 Å². The van der Waals surface area contributed by atoms with E-state index in [1.54, 1.807) is 13.4 Å². The van der Waals surface area contributed by atoms with Crippen LogP contribution in [-0.4, -0.2) is 34.1 Å². The van der Waals surface area contributed by atoms with Crippen molar-refractivity contribution in [1.82, 2.24) is 14.8 Å². The molecule has 2 aromatic rings. The van der Waals surface area contributed by atoms with Crippen LogP contribution in [0, 0.1) is 6.92 Å². The Balaban J connectivity index is 1.93. The molecule has 5 nitrogen and oxygen atoms in total. The Kier molecular flexibility index (Phi) is 4.96. The summed E-state index contributed by atoms with van der Waals surface area (Å²) in [6, 6.07) is 8.07. The van der Waals surface area contributed by atoms with Gasteiger partial charge >= 0.3 is 0 Å². The molecule has 0 saturated carbocycles. The van der Waals surface area contributed by atoms with Gasteiger partial charge < -0.3 is 9.47 Å². The summed E-state index contributed by atoms with van der Waals surface area (Å²) in [6.07, 6.45) is 2.42. The van der Waals surface area contributed by atoms with E-state index in [2.05, 4.69) is 30.0 Å². The number of aryl methyl sites for hydroxylation is 1. The number of methoxy groups -OCH3 is 1. The van der Waals surface area contributed by atoms with Gasteiger partial charge in [0.15, 0.2) is 0 Å². The summed E-state index contributed by atoms with van der Waals surface area (Å²) in [5.74, 6) is 1.78. The molecule has 0 N–H and O–H groups in total. The Hall–Kier alpha value is -1.88. The molecule has 0 atom stereocenters. The van der Waals surface area contributed by atoms with Crippen molar-refractivity contribution < 1.29 is 9.47 Å². The summed E-state index contributed by atoms with van der Waals surface area (Å²) >= 11 is 0. The van der Waals surface area contributed by atoms with E-state index in [0.717, 1.165) is 23.6 Å². The van der Waals surface area contributed by atoms with Gasteiger partial charge in [0.05, 0.1) is 18.8 Å². The first-order valence-corrected chi connectivity index (χ1v) is 7.11. The average Bonchev–Trinajstić information content (AvgIpc) is 2.85. The molecule has 0 unspecified atom stereocenters. The molecule has 114 valence electrons. The maximum atomic E-state index is 5.81. The lowest BCUT2D eigenvalue weighted by atomic mass is 10.1. The summed E-state index contributed by atoms with van der Waals surface area (Å²) in [4.78, 5) is 4.13. The summed E-state index contributed by atoms with van der Waals surface area (Å²) in [5.41, 5.74) is 0.988. The van der Waals surface area contributed by atoms with Crippen LogP contribution in [0.1, 0.15) is 31.7 Å². The van der Waals surface area contributed by atoms with E-state index in [9.17, 15) is 0 Å². The number of aromatic nitrogens is 3. The van der Waals surface area contributed by atoms with Crippen molar-refractivity contribution in [2.75, 3.05) is 13.7 Å². The normalized spacial score (nSPS) is 11.6. The molecule has 5 heteroatoms. The van der Waals surface area contributed by atoms with Gasteiger partial charge in [0.1, 0.15) is 17.9 Å². The topological polar surface area (TPSA) is 49.2 Å². The standard InChI is InChI=1S/C16H23N3O2/c1-13-17-12-18-19(13)11-14-6-5-7-15(10-14)21-9-8-16(2,3)20-4/h5-7,10,12H,8-9,11H2,1-4H3. The quantitative estimate of drug-likeness (QED) is 0.786. The Morgan fingerprint density at radius 2 is 2.10 bits per heavy atom. The summed E-state index contributed by atoms with van der Waals surface area (Å²) in [5, 5.41) is 4.19. The third-order valence-corrected chi connectivity index (χ3v) is 3.57. The maximum Gasteiger partial charge on any atom is 0.138 e. The van der Waals surface area contributed by atoms with E-state index < -0.39 is 0 Å². The Labute approximate surface area is 125 Å². The second-order valence-electron chi connectivity index (χ2n) is 5.67. The molecule has 21 heavy (non-hydrogen) atoms. The molecular weight excluding hydrogens is 266 g/mol. The number of rotatable bonds is 7. The predicted molar refractivity (Wildman–Crippen MR) is 81.5 cm³/mol. The SMILES string of the molecule is COC(C)(C)CCOc1cccc(Cn2ncnc2C)c1. The van der Waals surface area contributed by atoms with E-state index in [-0.39, 0.29) is 5.60 Å². The minimum absolute atomic E-state index is 0.157. The largest absolute Gasteiger partial charge is 0.493 e. The lowest BCUT2D eigenvalue weighted by Gasteiger charge is -2.22. The summed E-state index contributed by atoms with van der Waals surface area (Å²) < 4.78 is 13.1. The van der Waals surface area contributed by atoms with Crippen molar-refractivity contribution in [2.45, 2.75) is 39.3 Å². The van der Waals surface area contributed by atoms with Gasteiger partial charge in [-0.15, -0.1) is 0 Å². The lowest BCUT2D eigenvalue weighted by Crippen LogP contribution is -2.25. The smallest absolute Gasteiger partial charge is 0.138 e. The van der Waals surface area contributed by atoms with Crippen LogP contribution in [0.25, 0.3) is 0 Å². The number of ether oxygens (including phenoxy) is 2. The van der Waals surface area contributed by atoms with Crippen LogP contribution in [0.3, 0.4) is 0 Å². The molecule has 1 heterocycles. The number of hydrogen-bond acceptors (Lipinski definition) is 4. The summed E-state index contributed by atoms with van der Waals surface area (Å²) in [6.45, 7) is 7.39. The second-order valence-corrected chi connectivity index (χ2v) is 5.67. The number of hydrogen-bond donors (Lipinski definition) is 0. The molecule has 0 spiro atoms. The molecule has 1 aromatic heterocycles. The molecule has 0 radical (unpaired) electrons. The molecule has 0 saturated heterocycles. The fourth-order valence-electron chi connectivity index (χ4n) is 1.90. The van der Waals surface area contributed by atoms with Gasteiger partial charge in [0, 0.05) is 13.5 Å². The molecule has 1 aromatic carbocycles. The number of benzene rings is 1. The van der Waals surface area contributed by atoms with Crippen molar-refractivity contribution in [2.24, 2.45) is 0 Å². The first-order valence-electron chi connectivity index (χ1n) is 7.11. The third kappa shape index (κ3) is 4.56. The molecule has 0 aliphatic heterocycles. The zero-order valence-electron chi connectivity index (χ0n) is 13.2. The first kappa shape index (κ1) is 15.5. The molecule has 0 fully saturated rings. The number of nitrogens with zero attached hydrogens (tertiary/aromatic N) is 3. The van der Waals surface area contributed by atoms with Crippen molar-refractivity contribution >= 4 is 0 Å². The second kappa shape index (κ2) is 6.72. The zero-order chi connectivity index (χ0) is 15.3. The minimum Gasteiger partial charge on any atom is -0.493 e. The van der Waals surface area contributed by atoms with Crippen LogP contribution in [0.5, 0.6) is 5.75 Å². The van der Waals surface area contributed by atoms with E-state index >= 15 is 0 Å². The fraction of sp³-hybridized carbons (Fsp3) is 0.500. The van der Waals surface area contributed by atoms with Crippen LogP contribution in [-0.2, 0) is 11.3 Å². The zero-order valence-corrected chi connectivity index (χ0v) is 13.2. The molecular formula is C16H23N3O2. The minimum atomic E-state index is -0.157. The van der Waals surface area contributed by atoms with Crippen molar-refractivity contribution in [3.05, 3.63) is 42.0 Å². The van der Waals surface area contributed by atoms with Gasteiger partial charge in [-0.1, -0.05) is 12.1 Å². The van der Waals surface area contributed by atoms with E-state index in [0.29, 0.717) is 13.2 Å². The molecule has 0 amide bonds. The Bertz CT molecular complexity index is 578. The Morgan fingerprint density at radius 1 is 1.29 bits per heavy atom. The molecule has 2 rings (SSSR count). The monoisotopic (exact) mass is 289 g/mol. The van der Waals surface area contributed by atoms with Crippen LogP contribution < -0.4 is 4.74 Å². The highest BCUT2D eigenvalue weighted by Crippen LogP contribution is 2.17. The van der Waals surface area contributed by atoms with Crippen LogP contribution in [0.15, 0.2) is 30.6 Å². The third-order valence-electron chi connectivity index (χ3n) is 3.57. The van der Waals surface area contributed by atoms with Gasteiger partial charge in [-0.25, -0.2) is 9.67 Å². The predicted octanol–water partition coefficient (Wildman–Crippen LogP) is 2.83. The van der Waals surface area contributed by atoms with Crippen LogP contribution in [0.4, 0.5) is 0 Å². The molecule has 0 aliphatic carbocycles. The van der Waals surface area contributed by atoms with Crippen molar-refractivity contribution in [1.29, 1.82) is 0 Å². The van der Waals surface area contributed by atoms with Gasteiger partial charge in [-0.3, -0.25) is 0 Å². The van der Waals surface area contributed by atoms with E-state index in [4.69, 9.17) is 9.47 Å². The van der Waals surface area contributed by atoms with Gasteiger partial charge in [-0.2, -0.15) is 5.10 Å².